The Labute approximate surface area is 138 Å². The van der Waals surface area contributed by atoms with Crippen LogP contribution in [-0.4, -0.2) is 20.4 Å². The number of aryl methyl sites for hydroxylation is 1. The van der Waals surface area contributed by atoms with Gasteiger partial charge in [0.05, 0.1) is 16.9 Å². The van der Waals surface area contributed by atoms with Crippen molar-refractivity contribution in [1.82, 2.24) is 19.7 Å². The quantitative estimate of drug-likeness (QED) is 0.769. The zero-order valence-corrected chi connectivity index (χ0v) is 14.1. The molecular weight excluding hydrogens is 310 g/mol. The fraction of sp³-hybridized carbons (Fsp3) is 0.312. The Morgan fingerprint density at radius 3 is 2.91 bits per heavy atom. The molecule has 3 rings (SSSR count). The molecule has 0 bridgehead atoms. The van der Waals surface area contributed by atoms with Crippen LogP contribution >= 0.6 is 11.3 Å². The van der Waals surface area contributed by atoms with Crippen LogP contribution in [0.1, 0.15) is 31.0 Å². The zero-order chi connectivity index (χ0) is 16.4. The Balaban J connectivity index is 1.75. The van der Waals surface area contributed by atoms with Crippen LogP contribution in [0.15, 0.2) is 36.1 Å². The number of hydrogen-bond donors (Lipinski definition) is 2. The minimum Gasteiger partial charge on any atom is -0.326 e. The van der Waals surface area contributed by atoms with E-state index in [0.717, 1.165) is 22.8 Å². The van der Waals surface area contributed by atoms with Gasteiger partial charge in [-0.25, -0.2) is 14.8 Å². The Morgan fingerprint density at radius 1 is 1.39 bits per heavy atom. The first kappa shape index (κ1) is 15.5. The molecule has 3 aromatic heterocycles. The van der Waals surface area contributed by atoms with Crippen LogP contribution in [0.25, 0.3) is 5.65 Å². The van der Waals surface area contributed by atoms with Crippen LogP contribution in [0, 0.1) is 6.92 Å². The number of imidazole rings is 1. The van der Waals surface area contributed by atoms with Crippen molar-refractivity contribution in [2.75, 3.05) is 5.32 Å². The topological polar surface area (TPSA) is 71.3 Å². The summed E-state index contributed by atoms with van der Waals surface area (Å²) >= 11 is 1.54. The number of urea groups is 1. The number of rotatable bonds is 4. The van der Waals surface area contributed by atoms with Crippen LogP contribution in [0.4, 0.5) is 10.5 Å². The molecule has 0 aliphatic carbocycles. The van der Waals surface area contributed by atoms with Crippen molar-refractivity contribution < 1.29 is 4.79 Å². The summed E-state index contributed by atoms with van der Waals surface area (Å²) in [5.41, 5.74) is 2.03. The highest BCUT2D eigenvalue weighted by molar-refractivity contribution is 7.09. The van der Waals surface area contributed by atoms with Gasteiger partial charge in [-0.3, -0.25) is 0 Å². The third-order valence-electron chi connectivity index (χ3n) is 3.83. The summed E-state index contributed by atoms with van der Waals surface area (Å²) in [6, 6.07) is 3.47. The van der Waals surface area contributed by atoms with Gasteiger partial charge in [0.25, 0.3) is 0 Å². The number of hydrogen-bond acceptors (Lipinski definition) is 4. The Bertz CT molecular complexity index is 826. The highest BCUT2D eigenvalue weighted by atomic mass is 32.1. The molecule has 120 valence electrons. The zero-order valence-electron chi connectivity index (χ0n) is 13.3. The number of carbonyl (C=O) groups is 1. The van der Waals surface area contributed by atoms with Gasteiger partial charge in [0, 0.05) is 24.0 Å². The number of nitrogens with one attached hydrogen (secondary N) is 2. The average Bonchev–Trinajstić information content (AvgIpc) is 3.15. The summed E-state index contributed by atoms with van der Waals surface area (Å²) in [6.45, 7) is 5.95. The predicted octanol–water partition coefficient (Wildman–Crippen LogP) is 3.55. The number of fused-ring (bicyclic) bond motifs is 1. The normalized spacial score (nSPS) is 13.7. The van der Waals surface area contributed by atoms with Crippen LogP contribution < -0.4 is 10.6 Å². The molecule has 0 radical (unpaired) electrons. The number of thiazole rings is 1. The lowest BCUT2D eigenvalue weighted by atomic mass is 10.0. The predicted molar refractivity (Wildman–Crippen MR) is 91.8 cm³/mol. The summed E-state index contributed by atoms with van der Waals surface area (Å²) in [5.74, 6) is 0. The van der Waals surface area contributed by atoms with Gasteiger partial charge in [-0.05, 0) is 32.4 Å². The first-order valence-electron chi connectivity index (χ1n) is 7.45. The van der Waals surface area contributed by atoms with E-state index in [2.05, 4.69) is 20.6 Å². The SMILES string of the molecule is CCC(C)(NC(=O)Nc1ccc2nc(C)cn2c1)c1nccs1. The summed E-state index contributed by atoms with van der Waals surface area (Å²) < 4.78 is 1.89. The minimum absolute atomic E-state index is 0.249. The summed E-state index contributed by atoms with van der Waals surface area (Å²) in [5, 5.41) is 8.71. The molecule has 0 saturated carbocycles. The molecule has 2 N–H and O–H groups in total. The first-order valence-corrected chi connectivity index (χ1v) is 8.32. The number of nitrogens with zero attached hydrogens (tertiary/aromatic N) is 3. The van der Waals surface area contributed by atoms with Crippen molar-refractivity contribution in [2.24, 2.45) is 0 Å². The fourth-order valence-corrected chi connectivity index (χ4v) is 3.22. The Hall–Kier alpha value is -2.41. The molecule has 23 heavy (non-hydrogen) atoms. The third kappa shape index (κ3) is 3.19. The van der Waals surface area contributed by atoms with Crippen molar-refractivity contribution in [2.45, 2.75) is 32.7 Å². The monoisotopic (exact) mass is 329 g/mol. The van der Waals surface area contributed by atoms with E-state index < -0.39 is 5.54 Å². The van der Waals surface area contributed by atoms with E-state index >= 15 is 0 Å². The summed E-state index contributed by atoms with van der Waals surface area (Å²) in [6.07, 6.45) is 6.28. The maximum atomic E-state index is 12.4. The molecule has 0 fully saturated rings. The van der Waals surface area contributed by atoms with E-state index in [-0.39, 0.29) is 6.03 Å². The second-order valence-corrected chi connectivity index (χ2v) is 6.56. The number of amides is 2. The van der Waals surface area contributed by atoms with Crippen molar-refractivity contribution in [1.29, 1.82) is 0 Å². The van der Waals surface area contributed by atoms with E-state index in [1.165, 1.54) is 0 Å². The molecule has 0 aliphatic rings. The second kappa shape index (κ2) is 6.00. The Kier molecular flexibility index (Phi) is 4.04. The van der Waals surface area contributed by atoms with E-state index in [9.17, 15) is 4.79 Å². The number of carbonyl (C=O) groups excluding carboxylic acids is 1. The van der Waals surface area contributed by atoms with Crippen molar-refractivity contribution in [3.05, 3.63) is 46.8 Å². The van der Waals surface area contributed by atoms with Crippen molar-refractivity contribution >= 4 is 28.7 Å². The van der Waals surface area contributed by atoms with E-state index in [0.29, 0.717) is 5.69 Å². The average molecular weight is 329 g/mol. The van der Waals surface area contributed by atoms with Gasteiger partial charge in [-0.1, -0.05) is 6.92 Å². The number of anilines is 1. The van der Waals surface area contributed by atoms with E-state index in [1.807, 2.05) is 55.1 Å². The number of pyridine rings is 1. The second-order valence-electron chi connectivity index (χ2n) is 5.67. The highest BCUT2D eigenvalue weighted by Gasteiger charge is 2.29. The molecule has 0 spiro atoms. The molecule has 1 unspecified atom stereocenters. The summed E-state index contributed by atoms with van der Waals surface area (Å²) in [4.78, 5) is 21.0. The van der Waals surface area contributed by atoms with Crippen molar-refractivity contribution in [3.8, 4) is 0 Å². The van der Waals surface area contributed by atoms with E-state index in [4.69, 9.17) is 0 Å². The maximum absolute atomic E-state index is 12.4. The van der Waals surface area contributed by atoms with Gasteiger partial charge >= 0.3 is 6.03 Å². The standard InChI is InChI=1S/C16H19N5OS/c1-4-16(3,14-17-7-8-23-14)20-15(22)19-12-5-6-13-18-11(2)9-21(13)10-12/h5-10H,4H2,1-3H3,(H2,19,20,22). The van der Waals surface area contributed by atoms with Gasteiger partial charge in [0.1, 0.15) is 10.7 Å². The molecule has 3 aromatic rings. The van der Waals surface area contributed by atoms with Crippen LogP contribution in [0.5, 0.6) is 0 Å². The summed E-state index contributed by atoms with van der Waals surface area (Å²) in [7, 11) is 0. The molecule has 3 heterocycles. The molecule has 7 heteroatoms. The van der Waals surface area contributed by atoms with Gasteiger partial charge < -0.3 is 15.0 Å². The lowest BCUT2D eigenvalue weighted by molar-refractivity contribution is 0.238. The smallest absolute Gasteiger partial charge is 0.320 e. The first-order chi connectivity index (χ1) is 11.0. The highest BCUT2D eigenvalue weighted by Crippen LogP contribution is 2.26. The maximum Gasteiger partial charge on any atom is 0.320 e. The largest absolute Gasteiger partial charge is 0.326 e. The fourth-order valence-electron chi connectivity index (χ4n) is 2.39. The van der Waals surface area contributed by atoms with Crippen molar-refractivity contribution in [3.63, 3.8) is 0 Å². The minimum atomic E-state index is -0.478. The molecule has 1 atom stereocenters. The van der Waals surface area contributed by atoms with Crippen LogP contribution in [0.2, 0.25) is 0 Å². The van der Waals surface area contributed by atoms with Crippen LogP contribution in [0.3, 0.4) is 0 Å². The molecule has 0 saturated heterocycles. The van der Waals surface area contributed by atoms with Gasteiger partial charge in [0.15, 0.2) is 0 Å². The lowest BCUT2D eigenvalue weighted by Crippen LogP contribution is -2.45. The number of aromatic nitrogens is 3. The van der Waals surface area contributed by atoms with Crippen LogP contribution in [-0.2, 0) is 5.54 Å². The van der Waals surface area contributed by atoms with E-state index in [1.54, 1.807) is 17.5 Å². The lowest BCUT2D eigenvalue weighted by Gasteiger charge is -2.27. The van der Waals surface area contributed by atoms with Gasteiger partial charge in [-0.15, -0.1) is 11.3 Å². The Morgan fingerprint density at radius 2 is 2.22 bits per heavy atom. The molecule has 6 nitrogen and oxygen atoms in total. The molecule has 2 amide bonds. The van der Waals surface area contributed by atoms with Gasteiger partial charge in [0.2, 0.25) is 0 Å². The van der Waals surface area contributed by atoms with Gasteiger partial charge in [-0.2, -0.15) is 0 Å². The molecular formula is C16H19N5OS. The molecule has 0 aromatic carbocycles. The molecule has 0 aliphatic heterocycles. The third-order valence-corrected chi connectivity index (χ3v) is 4.87.